The first kappa shape index (κ1) is 32.4. The number of aryl methyl sites for hydroxylation is 1. The minimum atomic E-state index is 0.497. The molecular formula is C36H52N4O. The van der Waals surface area contributed by atoms with E-state index in [9.17, 15) is 0 Å². The van der Waals surface area contributed by atoms with Crippen molar-refractivity contribution in [1.29, 1.82) is 0 Å². The van der Waals surface area contributed by atoms with Crippen LogP contribution in [-0.4, -0.2) is 62.3 Å². The van der Waals surface area contributed by atoms with Crippen LogP contribution in [-0.2, 0) is 12.8 Å². The van der Waals surface area contributed by atoms with E-state index >= 15 is 0 Å². The van der Waals surface area contributed by atoms with Crippen LogP contribution in [0.4, 0.5) is 5.69 Å². The van der Waals surface area contributed by atoms with Gasteiger partial charge in [0.25, 0.3) is 0 Å². The second-order valence-electron chi connectivity index (χ2n) is 10.8. The summed E-state index contributed by atoms with van der Waals surface area (Å²) in [6, 6.07) is 22.1. The zero-order valence-electron chi connectivity index (χ0n) is 26.1. The Bertz CT molecular complexity index is 1140. The van der Waals surface area contributed by atoms with Gasteiger partial charge in [-0.3, -0.25) is 9.88 Å². The molecular weight excluding hydrogens is 504 g/mol. The van der Waals surface area contributed by atoms with E-state index in [1.807, 2.05) is 44.5 Å². The van der Waals surface area contributed by atoms with Crippen LogP contribution in [0.15, 0.2) is 85.2 Å². The van der Waals surface area contributed by atoms with Gasteiger partial charge in [-0.25, -0.2) is 0 Å². The summed E-state index contributed by atoms with van der Waals surface area (Å²) in [6.45, 7) is 14.6. The lowest BCUT2D eigenvalue weighted by Crippen LogP contribution is -2.49. The maximum absolute atomic E-state index is 5.57. The number of benzene rings is 2. The van der Waals surface area contributed by atoms with E-state index in [4.69, 9.17) is 4.74 Å². The molecule has 222 valence electrons. The standard InChI is InChI=1S/C29H36N4O.C4H8.C3H8/c1-34-29-11-5-4-10-28(29)33-19-17-32(18-20-33)16-15-31-27-13-12-24-8-2-3-9-25(24)26(27)21-23-7-6-14-30-22-23;1-3-4-2;1-3-2/h2-11,14,22,26-27,31H,12-13,15-21H2,1H3;3-4H,1-2H3;3H2,1-2H3/b;4-3-;. The number of pyridine rings is 1. The average Bonchev–Trinajstić information content (AvgIpc) is 3.03. The highest BCUT2D eigenvalue weighted by Crippen LogP contribution is 2.34. The van der Waals surface area contributed by atoms with Gasteiger partial charge in [-0.1, -0.05) is 74.9 Å². The number of ether oxygens (including phenoxy) is 1. The Morgan fingerprint density at radius 3 is 2.32 bits per heavy atom. The van der Waals surface area contributed by atoms with Crippen LogP contribution in [0.3, 0.4) is 0 Å². The lowest BCUT2D eigenvalue weighted by Gasteiger charge is -2.38. The number of para-hydroxylation sites is 2. The third-order valence-corrected chi connectivity index (χ3v) is 7.81. The Labute approximate surface area is 249 Å². The Morgan fingerprint density at radius 2 is 1.63 bits per heavy atom. The molecule has 5 rings (SSSR count). The zero-order chi connectivity index (χ0) is 29.3. The molecule has 2 unspecified atom stereocenters. The van der Waals surface area contributed by atoms with Crippen molar-refractivity contribution in [2.24, 2.45) is 0 Å². The highest BCUT2D eigenvalue weighted by Gasteiger charge is 2.29. The molecule has 0 amide bonds. The van der Waals surface area contributed by atoms with E-state index < -0.39 is 0 Å². The zero-order valence-corrected chi connectivity index (χ0v) is 26.1. The quantitative estimate of drug-likeness (QED) is 0.299. The molecule has 1 aliphatic carbocycles. The van der Waals surface area contributed by atoms with E-state index in [0.717, 1.165) is 57.9 Å². The summed E-state index contributed by atoms with van der Waals surface area (Å²) in [5.74, 6) is 1.46. The van der Waals surface area contributed by atoms with Gasteiger partial charge in [0.1, 0.15) is 5.75 Å². The van der Waals surface area contributed by atoms with E-state index in [-0.39, 0.29) is 0 Å². The Balaban J connectivity index is 0.000000598. The maximum atomic E-state index is 5.57. The minimum Gasteiger partial charge on any atom is -0.495 e. The molecule has 41 heavy (non-hydrogen) atoms. The van der Waals surface area contributed by atoms with E-state index in [1.54, 1.807) is 7.11 Å². The second kappa shape index (κ2) is 18.3. The second-order valence-corrected chi connectivity index (χ2v) is 10.8. The molecule has 5 heteroatoms. The van der Waals surface area contributed by atoms with Crippen molar-refractivity contribution in [3.63, 3.8) is 0 Å². The molecule has 1 N–H and O–H groups in total. The number of nitrogens with one attached hydrogen (secondary N) is 1. The molecule has 1 aliphatic heterocycles. The number of nitrogens with zero attached hydrogens (tertiary/aromatic N) is 3. The van der Waals surface area contributed by atoms with Gasteiger partial charge >= 0.3 is 0 Å². The number of allylic oxidation sites excluding steroid dienone is 2. The van der Waals surface area contributed by atoms with Crippen molar-refractivity contribution in [1.82, 2.24) is 15.2 Å². The third kappa shape index (κ3) is 10.0. The topological polar surface area (TPSA) is 40.6 Å². The molecule has 0 bridgehead atoms. The lowest BCUT2D eigenvalue weighted by molar-refractivity contribution is 0.247. The highest BCUT2D eigenvalue weighted by molar-refractivity contribution is 5.58. The fourth-order valence-electron chi connectivity index (χ4n) is 5.63. The molecule has 3 aromatic rings. The summed E-state index contributed by atoms with van der Waals surface area (Å²) < 4.78 is 5.57. The summed E-state index contributed by atoms with van der Waals surface area (Å²) in [7, 11) is 1.76. The summed E-state index contributed by atoms with van der Waals surface area (Å²) in [5.41, 5.74) is 5.56. The molecule has 0 saturated carbocycles. The van der Waals surface area contributed by atoms with Gasteiger partial charge in [-0.2, -0.15) is 0 Å². The average molecular weight is 557 g/mol. The molecule has 2 aliphatic rings. The van der Waals surface area contributed by atoms with Crippen LogP contribution in [0.5, 0.6) is 5.75 Å². The Morgan fingerprint density at radius 1 is 0.927 bits per heavy atom. The largest absolute Gasteiger partial charge is 0.495 e. The van der Waals surface area contributed by atoms with Gasteiger partial charge in [0.15, 0.2) is 0 Å². The van der Waals surface area contributed by atoms with Crippen molar-refractivity contribution in [2.75, 3.05) is 51.3 Å². The van der Waals surface area contributed by atoms with E-state index in [2.05, 4.69) is 88.5 Å². The fourth-order valence-corrected chi connectivity index (χ4v) is 5.63. The monoisotopic (exact) mass is 556 g/mol. The molecule has 1 saturated heterocycles. The molecule has 5 nitrogen and oxygen atoms in total. The predicted octanol–water partition coefficient (Wildman–Crippen LogP) is 7.14. The van der Waals surface area contributed by atoms with Crippen molar-refractivity contribution in [3.8, 4) is 5.75 Å². The lowest BCUT2D eigenvalue weighted by atomic mass is 9.76. The van der Waals surface area contributed by atoms with Gasteiger partial charge in [0.2, 0.25) is 0 Å². The van der Waals surface area contributed by atoms with Crippen molar-refractivity contribution in [2.45, 2.75) is 65.3 Å². The van der Waals surface area contributed by atoms with Gasteiger partial charge in [0.05, 0.1) is 12.8 Å². The maximum Gasteiger partial charge on any atom is 0.142 e. The first-order valence-electron chi connectivity index (χ1n) is 15.5. The number of anilines is 1. The number of hydrogen-bond acceptors (Lipinski definition) is 5. The SMILES string of the molecule is C/C=C\C.CCC.COc1ccccc1N1CCN(CCNC2CCc3ccccc3C2Cc2cccnc2)CC1. The van der Waals surface area contributed by atoms with Gasteiger partial charge in [-0.15, -0.1) is 0 Å². The first-order valence-corrected chi connectivity index (χ1v) is 15.5. The molecule has 2 atom stereocenters. The van der Waals surface area contributed by atoms with Gasteiger partial charge < -0.3 is 15.0 Å². The fraction of sp³-hybridized carbons (Fsp3) is 0.472. The van der Waals surface area contributed by atoms with Crippen molar-refractivity contribution in [3.05, 3.63) is 102 Å². The van der Waals surface area contributed by atoms with Gasteiger partial charge in [-0.05, 0) is 68.0 Å². The van der Waals surface area contributed by atoms with Crippen LogP contribution in [0, 0.1) is 0 Å². The summed E-state index contributed by atoms with van der Waals surface area (Å²) in [5, 5.41) is 3.95. The molecule has 2 aromatic carbocycles. The summed E-state index contributed by atoms with van der Waals surface area (Å²) in [4.78, 5) is 9.39. The molecule has 0 spiro atoms. The number of hydrogen-bond donors (Lipinski definition) is 1. The van der Waals surface area contributed by atoms with Crippen LogP contribution < -0.4 is 15.0 Å². The number of methoxy groups -OCH3 is 1. The predicted molar refractivity (Wildman–Crippen MR) is 175 cm³/mol. The van der Waals surface area contributed by atoms with E-state index in [1.165, 1.54) is 35.2 Å². The Hall–Kier alpha value is -3.15. The van der Waals surface area contributed by atoms with Crippen LogP contribution >= 0.6 is 0 Å². The summed E-state index contributed by atoms with van der Waals surface area (Å²) in [6.07, 6.45) is 12.5. The van der Waals surface area contributed by atoms with Crippen molar-refractivity contribution >= 4 is 5.69 Å². The van der Waals surface area contributed by atoms with Crippen molar-refractivity contribution < 1.29 is 4.74 Å². The number of rotatable bonds is 8. The highest BCUT2D eigenvalue weighted by atomic mass is 16.5. The van der Waals surface area contributed by atoms with Crippen LogP contribution in [0.2, 0.25) is 0 Å². The molecule has 1 fully saturated rings. The summed E-state index contributed by atoms with van der Waals surface area (Å²) >= 11 is 0. The minimum absolute atomic E-state index is 0.497. The van der Waals surface area contributed by atoms with Crippen LogP contribution in [0.25, 0.3) is 0 Å². The normalized spacial score (nSPS) is 18.5. The molecule has 2 heterocycles. The molecule has 1 aromatic heterocycles. The smallest absolute Gasteiger partial charge is 0.142 e. The van der Waals surface area contributed by atoms with Gasteiger partial charge in [0, 0.05) is 63.6 Å². The first-order chi connectivity index (χ1) is 20.1. The van der Waals surface area contributed by atoms with E-state index in [0.29, 0.717) is 12.0 Å². The third-order valence-electron chi connectivity index (χ3n) is 7.81. The van der Waals surface area contributed by atoms with Crippen LogP contribution in [0.1, 0.15) is 63.1 Å². The molecule has 0 radical (unpaired) electrons. The Kier molecular flexibility index (Phi) is 14.5. The number of piperazine rings is 1. The number of aromatic nitrogens is 1. The number of fused-ring (bicyclic) bond motifs is 1.